The molecular weight excluding hydrogens is 232 g/mol. The van der Waals surface area contributed by atoms with Crippen LogP contribution in [0.2, 0.25) is 0 Å². The number of nitrogens with one attached hydrogen (secondary N) is 1. The maximum Gasteiger partial charge on any atom is 0.236 e. The number of hydrogen-bond donors (Lipinski definition) is 2. The Labute approximate surface area is 110 Å². The van der Waals surface area contributed by atoms with Gasteiger partial charge in [0.1, 0.15) is 0 Å². The molecule has 1 unspecified atom stereocenters. The van der Waals surface area contributed by atoms with Crippen LogP contribution in [0.5, 0.6) is 0 Å². The van der Waals surface area contributed by atoms with Crippen LogP contribution in [0.15, 0.2) is 0 Å². The van der Waals surface area contributed by atoms with Gasteiger partial charge >= 0.3 is 0 Å². The van der Waals surface area contributed by atoms with Crippen molar-refractivity contribution >= 4 is 5.91 Å². The van der Waals surface area contributed by atoms with Crippen molar-refractivity contribution in [1.82, 2.24) is 5.32 Å². The fourth-order valence-electron chi connectivity index (χ4n) is 1.47. The van der Waals surface area contributed by atoms with Crippen LogP contribution in [0.1, 0.15) is 39.5 Å². The molecule has 0 aromatic carbocycles. The largest absolute Gasteiger partial charge is 0.385 e. The van der Waals surface area contributed by atoms with Crippen molar-refractivity contribution < 1.29 is 14.3 Å². The SMILES string of the molecule is COCCCC(N)C(=O)NCCCCOC(C)C. The van der Waals surface area contributed by atoms with Crippen LogP contribution in [0.25, 0.3) is 0 Å². The number of ether oxygens (including phenoxy) is 2. The quantitative estimate of drug-likeness (QED) is 0.545. The lowest BCUT2D eigenvalue weighted by Gasteiger charge is -2.12. The summed E-state index contributed by atoms with van der Waals surface area (Å²) in [6, 6.07) is -0.424. The minimum Gasteiger partial charge on any atom is -0.385 e. The Bertz CT molecular complexity index is 210. The van der Waals surface area contributed by atoms with Gasteiger partial charge in [0.15, 0.2) is 0 Å². The Morgan fingerprint density at radius 1 is 1.22 bits per heavy atom. The van der Waals surface area contributed by atoms with E-state index in [1.54, 1.807) is 7.11 Å². The van der Waals surface area contributed by atoms with Crippen molar-refractivity contribution in [1.29, 1.82) is 0 Å². The summed E-state index contributed by atoms with van der Waals surface area (Å²) in [5.41, 5.74) is 5.75. The summed E-state index contributed by atoms with van der Waals surface area (Å²) in [6.07, 6.45) is 3.62. The number of hydrogen-bond acceptors (Lipinski definition) is 4. The van der Waals surface area contributed by atoms with E-state index in [2.05, 4.69) is 5.32 Å². The molecule has 5 nitrogen and oxygen atoms in total. The van der Waals surface area contributed by atoms with E-state index in [1.165, 1.54) is 0 Å². The van der Waals surface area contributed by atoms with Crippen LogP contribution in [0, 0.1) is 0 Å². The Morgan fingerprint density at radius 3 is 2.56 bits per heavy atom. The lowest BCUT2D eigenvalue weighted by atomic mass is 10.1. The molecular formula is C13H28N2O3. The van der Waals surface area contributed by atoms with E-state index in [0.717, 1.165) is 25.9 Å². The highest BCUT2D eigenvalue weighted by Gasteiger charge is 2.11. The number of amides is 1. The zero-order valence-corrected chi connectivity index (χ0v) is 11.9. The summed E-state index contributed by atoms with van der Waals surface area (Å²) in [6.45, 7) is 6.08. The van der Waals surface area contributed by atoms with Crippen LogP contribution < -0.4 is 11.1 Å². The molecule has 0 fully saturated rings. The van der Waals surface area contributed by atoms with E-state index in [1.807, 2.05) is 13.8 Å². The first kappa shape index (κ1) is 17.4. The number of carbonyl (C=O) groups excluding carboxylic acids is 1. The van der Waals surface area contributed by atoms with Crippen molar-refractivity contribution in [2.45, 2.75) is 51.7 Å². The van der Waals surface area contributed by atoms with Crippen molar-refractivity contribution in [3.8, 4) is 0 Å². The molecule has 0 aromatic heterocycles. The minimum atomic E-state index is -0.424. The highest BCUT2D eigenvalue weighted by atomic mass is 16.5. The van der Waals surface area contributed by atoms with Gasteiger partial charge < -0.3 is 20.5 Å². The Morgan fingerprint density at radius 2 is 1.94 bits per heavy atom. The zero-order valence-electron chi connectivity index (χ0n) is 11.9. The van der Waals surface area contributed by atoms with Crippen molar-refractivity contribution in [3.63, 3.8) is 0 Å². The second-order valence-corrected chi connectivity index (χ2v) is 4.66. The van der Waals surface area contributed by atoms with E-state index in [0.29, 0.717) is 19.6 Å². The molecule has 1 amide bonds. The van der Waals surface area contributed by atoms with E-state index < -0.39 is 6.04 Å². The van der Waals surface area contributed by atoms with E-state index in [-0.39, 0.29) is 12.0 Å². The first-order valence-electron chi connectivity index (χ1n) is 6.71. The summed E-state index contributed by atoms with van der Waals surface area (Å²) >= 11 is 0. The molecule has 0 aliphatic rings. The summed E-state index contributed by atoms with van der Waals surface area (Å²) in [7, 11) is 1.64. The lowest BCUT2D eigenvalue weighted by molar-refractivity contribution is -0.122. The number of rotatable bonds is 11. The summed E-state index contributed by atoms with van der Waals surface area (Å²) in [5, 5.41) is 2.84. The van der Waals surface area contributed by atoms with Crippen LogP contribution in [-0.4, -0.2) is 44.9 Å². The standard InChI is InChI=1S/C13H28N2O3/c1-11(2)18-10-5-4-8-15-13(16)12(14)7-6-9-17-3/h11-12H,4-10,14H2,1-3H3,(H,15,16). The normalized spacial score (nSPS) is 12.7. The highest BCUT2D eigenvalue weighted by molar-refractivity contribution is 5.81. The van der Waals surface area contributed by atoms with Crippen LogP contribution in [0.4, 0.5) is 0 Å². The summed E-state index contributed by atoms with van der Waals surface area (Å²) in [4.78, 5) is 11.6. The maximum absolute atomic E-state index is 11.6. The molecule has 3 N–H and O–H groups in total. The van der Waals surface area contributed by atoms with Gasteiger partial charge in [-0.25, -0.2) is 0 Å². The van der Waals surface area contributed by atoms with Crippen molar-refractivity contribution in [2.75, 3.05) is 26.9 Å². The van der Waals surface area contributed by atoms with Gasteiger partial charge in [-0.2, -0.15) is 0 Å². The highest BCUT2D eigenvalue weighted by Crippen LogP contribution is 1.96. The Kier molecular flexibility index (Phi) is 11.0. The molecule has 0 saturated carbocycles. The molecule has 0 aliphatic heterocycles. The molecule has 108 valence electrons. The zero-order chi connectivity index (χ0) is 13.8. The van der Waals surface area contributed by atoms with Gasteiger partial charge in [-0.15, -0.1) is 0 Å². The molecule has 0 rings (SSSR count). The molecule has 1 atom stereocenters. The predicted molar refractivity (Wildman–Crippen MR) is 72.4 cm³/mol. The molecule has 0 bridgehead atoms. The predicted octanol–water partition coefficient (Wildman–Crippen LogP) is 1.06. The third kappa shape index (κ3) is 10.5. The lowest BCUT2D eigenvalue weighted by Crippen LogP contribution is -2.41. The molecule has 0 aromatic rings. The number of unbranched alkanes of at least 4 members (excludes halogenated alkanes) is 1. The molecule has 0 spiro atoms. The summed E-state index contributed by atoms with van der Waals surface area (Å²) < 4.78 is 10.3. The van der Waals surface area contributed by atoms with Gasteiger partial charge in [-0.05, 0) is 39.5 Å². The van der Waals surface area contributed by atoms with Gasteiger partial charge in [0.2, 0.25) is 5.91 Å². The van der Waals surface area contributed by atoms with Gasteiger partial charge in [0.25, 0.3) is 0 Å². The number of nitrogens with two attached hydrogens (primary N) is 1. The van der Waals surface area contributed by atoms with E-state index >= 15 is 0 Å². The Balaban J connectivity index is 3.40. The third-order valence-corrected chi connectivity index (χ3v) is 2.52. The number of methoxy groups -OCH3 is 1. The van der Waals surface area contributed by atoms with E-state index in [4.69, 9.17) is 15.2 Å². The van der Waals surface area contributed by atoms with Gasteiger partial charge in [0.05, 0.1) is 12.1 Å². The van der Waals surface area contributed by atoms with Crippen molar-refractivity contribution in [2.24, 2.45) is 5.73 Å². The maximum atomic E-state index is 11.6. The molecule has 18 heavy (non-hydrogen) atoms. The van der Waals surface area contributed by atoms with Crippen LogP contribution >= 0.6 is 0 Å². The topological polar surface area (TPSA) is 73.6 Å². The van der Waals surface area contributed by atoms with Gasteiger partial charge in [-0.1, -0.05) is 0 Å². The first-order valence-corrected chi connectivity index (χ1v) is 6.71. The molecule has 0 aliphatic carbocycles. The Hall–Kier alpha value is -0.650. The third-order valence-electron chi connectivity index (χ3n) is 2.52. The second-order valence-electron chi connectivity index (χ2n) is 4.66. The summed E-state index contributed by atoms with van der Waals surface area (Å²) in [5.74, 6) is -0.0733. The smallest absolute Gasteiger partial charge is 0.236 e. The monoisotopic (exact) mass is 260 g/mol. The van der Waals surface area contributed by atoms with Crippen LogP contribution in [0.3, 0.4) is 0 Å². The fourth-order valence-corrected chi connectivity index (χ4v) is 1.47. The first-order chi connectivity index (χ1) is 8.57. The minimum absolute atomic E-state index is 0.0733. The molecule has 0 saturated heterocycles. The average molecular weight is 260 g/mol. The van der Waals surface area contributed by atoms with Gasteiger partial charge in [0, 0.05) is 26.9 Å². The van der Waals surface area contributed by atoms with E-state index in [9.17, 15) is 4.79 Å². The van der Waals surface area contributed by atoms with Gasteiger partial charge in [-0.3, -0.25) is 4.79 Å². The molecule has 0 heterocycles. The second kappa shape index (κ2) is 11.4. The molecule has 0 radical (unpaired) electrons. The average Bonchev–Trinajstić information content (AvgIpc) is 2.33. The molecule has 5 heteroatoms. The fraction of sp³-hybridized carbons (Fsp3) is 0.923. The van der Waals surface area contributed by atoms with Crippen molar-refractivity contribution in [3.05, 3.63) is 0 Å². The number of carbonyl (C=O) groups is 1. The van der Waals surface area contributed by atoms with Crippen LogP contribution in [-0.2, 0) is 14.3 Å².